The molecule has 1 aromatic carbocycles. The van der Waals surface area contributed by atoms with Gasteiger partial charge in [-0.1, -0.05) is 6.07 Å². The molecule has 1 amide bonds. The number of thiazole rings is 1. The summed E-state index contributed by atoms with van der Waals surface area (Å²) in [5.41, 5.74) is 1.43. The van der Waals surface area contributed by atoms with E-state index >= 15 is 0 Å². The first-order valence-corrected chi connectivity index (χ1v) is 9.07. The molecule has 1 aromatic heterocycles. The first-order valence-electron chi connectivity index (χ1n) is 8.19. The topological polar surface area (TPSA) is 72.9 Å². The SMILES string of the molecule is O=C(NCc1ccc2c(c1)OCO2)c1csc(CN2CCOCC2)n1. The molecule has 0 unspecified atom stereocenters. The predicted octanol–water partition coefficient (Wildman–Crippen LogP) is 1.63. The third-order valence-electron chi connectivity index (χ3n) is 4.14. The van der Waals surface area contributed by atoms with Crippen LogP contribution in [0.1, 0.15) is 21.1 Å². The zero-order valence-corrected chi connectivity index (χ0v) is 14.5. The van der Waals surface area contributed by atoms with Crippen LogP contribution in [-0.2, 0) is 17.8 Å². The molecular weight excluding hydrogens is 342 g/mol. The number of benzene rings is 1. The van der Waals surface area contributed by atoms with Gasteiger partial charge >= 0.3 is 0 Å². The Morgan fingerprint density at radius 3 is 2.96 bits per heavy atom. The fraction of sp³-hybridized carbons (Fsp3) is 0.412. The van der Waals surface area contributed by atoms with Gasteiger partial charge < -0.3 is 19.5 Å². The molecule has 0 bridgehead atoms. The molecule has 132 valence electrons. The van der Waals surface area contributed by atoms with Crippen LogP contribution in [0.2, 0.25) is 0 Å². The highest BCUT2D eigenvalue weighted by molar-refractivity contribution is 7.09. The fourth-order valence-corrected chi connectivity index (χ4v) is 3.58. The molecule has 0 radical (unpaired) electrons. The Kier molecular flexibility index (Phi) is 4.82. The number of fused-ring (bicyclic) bond motifs is 1. The summed E-state index contributed by atoms with van der Waals surface area (Å²) in [5, 5.41) is 5.66. The van der Waals surface area contributed by atoms with E-state index in [9.17, 15) is 4.79 Å². The van der Waals surface area contributed by atoms with Gasteiger partial charge in [0.15, 0.2) is 11.5 Å². The summed E-state index contributed by atoms with van der Waals surface area (Å²) in [6.07, 6.45) is 0. The monoisotopic (exact) mass is 361 g/mol. The number of carbonyl (C=O) groups excluding carboxylic acids is 1. The van der Waals surface area contributed by atoms with Gasteiger partial charge in [0.25, 0.3) is 5.91 Å². The number of carbonyl (C=O) groups is 1. The van der Waals surface area contributed by atoms with Crippen molar-refractivity contribution in [2.45, 2.75) is 13.1 Å². The lowest BCUT2D eigenvalue weighted by Gasteiger charge is -2.25. The molecule has 2 aliphatic rings. The molecule has 7 nitrogen and oxygen atoms in total. The van der Waals surface area contributed by atoms with Crippen molar-refractivity contribution in [2.24, 2.45) is 0 Å². The highest BCUT2D eigenvalue weighted by Gasteiger charge is 2.16. The highest BCUT2D eigenvalue weighted by Crippen LogP contribution is 2.32. The van der Waals surface area contributed by atoms with Crippen molar-refractivity contribution in [1.29, 1.82) is 0 Å². The third kappa shape index (κ3) is 3.92. The first kappa shape index (κ1) is 16.3. The van der Waals surface area contributed by atoms with Gasteiger partial charge in [0, 0.05) is 25.0 Å². The van der Waals surface area contributed by atoms with Gasteiger partial charge in [0.2, 0.25) is 6.79 Å². The van der Waals surface area contributed by atoms with Gasteiger partial charge in [-0.05, 0) is 17.7 Å². The zero-order valence-electron chi connectivity index (χ0n) is 13.7. The lowest BCUT2D eigenvalue weighted by molar-refractivity contribution is 0.0341. The molecular formula is C17H19N3O4S. The van der Waals surface area contributed by atoms with Gasteiger partial charge in [-0.15, -0.1) is 11.3 Å². The van der Waals surface area contributed by atoms with Crippen LogP contribution < -0.4 is 14.8 Å². The van der Waals surface area contributed by atoms with Crippen molar-refractivity contribution < 1.29 is 19.0 Å². The Morgan fingerprint density at radius 2 is 2.08 bits per heavy atom. The predicted molar refractivity (Wildman–Crippen MR) is 91.9 cm³/mol. The molecule has 8 heteroatoms. The van der Waals surface area contributed by atoms with Crippen molar-refractivity contribution in [3.63, 3.8) is 0 Å². The number of aromatic nitrogens is 1. The maximum Gasteiger partial charge on any atom is 0.271 e. The van der Waals surface area contributed by atoms with Crippen LogP contribution in [0.4, 0.5) is 0 Å². The lowest BCUT2D eigenvalue weighted by atomic mass is 10.2. The standard InChI is InChI=1S/C17H19N3O4S/c21-17(18-8-12-1-2-14-15(7-12)24-11-23-14)13-10-25-16(19-13)9-20-3-5-22-6-4-20/h1-2,7,10H,3-6,8-9,11H2,(H,18,21). The molecule has 0 atom stereocenters. The van der Waals surface area contributed by atoms with Crippen molar-refractivity contribution in [3.8, 4) is 11.5 Å². The summed E-state index contributed by atoms with van der Waals surface area (Å²) in [6.45, 7) is 4.77. The summed E-state index contributed by atoms with van der Waals surface area (Å²) < 4.78 is 16.0. The number of morpholine rings is 1. The largest absolute Gasteiger partial charge is 0.454 e. The Morgan fingerprint density at radius 1 is 1.24 bits per heavy atom. The van der Waals surface area contributed by atoms with Crippen LogP contribution in [0.25, 0.3) is 0 Å². The maximum absolute atomic E-state index is 12.3. The molecule has 3 heterocycles. The molecule has 25 heavy (non-hydrogen) atoms. The number of hydrogen-bond donors (Lipinski definition) is 1. The van der Waals surface area contributed by atoms with Crippen LogP contribution in [0, 0.1) is 0 Å². The molecule has 2 aliphatic heterocycles. The van der Waals surface area contributed by atoms with E-state index in [1.807, 2.05) is 23.6 Å². The van der Waals surface area contributed by atoms with Crippen LogP contribution in [0.15, 0.2) is 23.6 Å². The highest BCUT2D eigenvalue weighted by atomic mass is 32.1. The normalized spacial score (nSPS) is 16.8. The molecule has 0 spiro atoms. The van der Waals surface area contributed by atoms with Crippen molar-refractivity contribution >= 4 is 17.2 Å². The Hall–Kier alpha value is -2.16. The van der Waals surface area contributed by atoms with E-state index in [0.717, 1.165) is 49.2 Å². The van der Waals surface area contributed by atoms with Crippen molar-refractivity contribution in [3.05, 3.63) is 39.8 Å². The van der Waals surface area contributed by atoms with Gasteiger partial charge in [0.05, 0.1) is 19.8 Å². The second kappa shape index (κ2) is 7.38. The molecule has 0 saturated carbocycles. The molecule has 1 N–H and O–H groups in total. The minimum atomic E-state index is -0.165. The van der Waals surface area contributed by atoms with Crippen LogP contribution in [-0.4, -0.2) is 48.9 Å². The summed E-state index contributed by atoms with van der Waals surface area (Å²) in [7, 11) is 0. The molecule has 4 rings (SSSR count). The minimum absolute atomic E-state index is 0.165. The van der Waals surface area contributed by atoms with Gasteiger partial charge in [-0.25, -0.2) is 4.98 Å². The van der Waals surface area contributed by atoms with Crippen LogP contribution >= 0.6 is 11.3 Å². The average molecular weight is 361 g/mol. The Balaban J connectivity index is 1.32. The molecule has 2 aromatic rings. The van der Waals surface area contributed by atoms with Crippen molar-refractivity contribution in [1.82, 2.24) is 15.2 Å². The van der Waals surface area contributed by atoms with E-state index in [4.69, 9.17) is 14.2 Å². The average Bonchev–Trinajstić information content (AvgIpc) is 3.29. The summed E-state index contributed by atoms with van der Waals surface area (Å²) in [6, 6.07) is 5.65. The molecule has 1 saturated heterocycles. The fourth-order valence-electron chi connectivity index (χ4n) is 2.76. The number of hydrogen-bond acceptors (Lipinski definition) is 7. The van der Waals surface area contributed by atoms with Gasteiger partial charge in [0.1, 0.15) is 10.7 Å². The summed E-state index contributed by atoms with van der Waals surface area (Å²) >= 11 is 1.52. The number of nitrogens with zero attached hydrogens (tertiary/aromatic N) is 2. The summed E-state index contributed by atoms with van der Waals surface area (Å²) in [5.74, 6) is 1.29. The Labute approximate surface area is 149 Å². The molecule has 1 fully saturated rings. The van der Waals surface area contributed by atoms with Crippen LogP contribution in [0.5, 0.6) is 11.5 Å². The number of ether oxygens (including phenoxy) is 3. The summed E-state index contributed by atoms with van der Waals surface area (Å²) in [4.78, 5) is 19.0. The Bertz CT molecular complexity index is 758. The maximum atomic E-state index is 12.3. The van der Waals surface area contributed by atoms with Gasteiger partial charge in [-0.2, -0.15) is 0 Å². The van der Waals surface area contributed by atoms with E-state index in [2.05, 4.69) is 15.2 Å². The smallest absolute Gasteiger partial charge is 0.271 e. The second-order valence-electron chi connectivity index (χ2n) is 5.89. The van der Waals surface area contributed by atoms with E-state index in [-0.39, 0.29) is 12.7 Å². The quantitative estimate of drug-likeness (QED) is 0.873. The second-order valence-corrected chi connectivity index (χ2v) is 6.83. The lowest BCUT2D eigenvalue weighted by Crippen LogP contribution is -2.35. The number of rotatable bonds is 5. The minimum Gasteiger partial charge on any atom is -0.454 e. The van der Waals surface area contributed by atoms with Gasteiger partial charge in [-0.3, -0.25) is 9.69 Å². The van der Waals surface area contributed by atoms with E-state index in [1.54, 1.807) is 0 Å². The number of nitrogens with one attached hydrogen (secondary N) is 1. The molecule has 0 aliphatic carbocycles. The zero-order chi connectivity index (χ0) is 17.1. The third-order valence-corrected chi connectivity index (χ3v) is 4.97. The van der Waals surface area contributed by atoms with E-state index < -0.39 is 0 Å². The van der Waals surface area contributed by atoms with E-state index in [1.165, 1.54) is 11.3 Å². The van der Waals surface area contributed by atoms with E-state index in [0.29, 0.717) is 18.0 Å². The first-order chi connectivity index (χ1) is 12.3. The number of amides is 1. The van der Waals surface area contributed by atoms with Crippen LogP contribution in [0.3, 0.4) is 0 Å². The van der Waals surface area contributed by atoms with Crippen molar-refractivity contribution in [2.75, 3.05) is 33.1 Å².